The van der Waals surface area contributed by atoms with Gasteiger partial charge in [-0.3, -0.25) is 24.2 Å². The maximum atomic E-state index is 13.8. The maximum Gasteiger partial charge on any atom is 0.416 e. The summed E-state index contributed by atoms with van der Waals surface area (Å²) in [6.45, 7) is 22.5. The average Bonchev–Trinajstić information content (AvgIpc) is 1.22. The number of alkyl halides is 12. The molecule has 6 saturated heterocycles. The van der Waals surface area contributed by atoms with E-state index >= 15 is 0 Å². The molecule has 0 saturated carbocycles. The first-order chi connectivity index (χ1) is 66.1. The fourth-order valence-corrected chi connectivity index (χ4v) is 18.5. The number of cyclic esters (lactones) is 3. The molecule has 140 heavy (non-hydrogen) atoms. The third kappa shape index (κ3) is 20.1. The van der Waals surface area contributed by atoms with E-state index in [-0.39, 0.29) is 85.4 Å². The Morgan fingerprint density at radius 1 is 0.457 bits per heavy atom. The van der Waals surface area contributed by atoms with E-state index < -0.39 is 121 Å². The summed E-state index contributed by atoms with van der Waals surface area (Å²) in [6.07, 6.45) is -6.74. The van der Waals surface area contributed by atoms with Crippen molar-refractivity contribution in [1.82, 2.24) is 79.3 Å². The van der Waals surface area contributed by atoms with Crippen LogP contribution in [0.3, 0.4) is 0 Å². The molecule has 0 spiro atoms. The average molecular weight is 1950 g/mol. The molecule has 15 heterocycles. The highest BCUT2D eigenvalue weighted by Gasteiger charge is 2.49. The van der Waals surface area contributed by atoms with Gasteiger partial charge in [-0.15, -0.1) is 0 Å². The highest BCUT2D eigenvalue weighted by molar-refractivity contribution is 5.84. The zero-order chi connectivity index (χ0) is 101. The highest BCUT2D eigenvalue weighted by Crippen LogP contribution is 2.48. The summed E-state index contributed by atoms with van der Waals surface area (Å²) in [6, 6.07) is 14.5. The molecule has 42 heteroatoms. The third-order valence-electron chi connectivity index (χ3n) is 25.5. The number of carbonyl (C=O) groups excluding carboxylic acids is 4. The van der Waals surface area contributed by atoms with Gasteiger partial charge in [0, 0.05) is 147 Å². The molecule has 0 bridgehead atoms. The van der Waals surface area contributed by atoms with Crippen molar-refractivity contribution in [2.24, 2.45) is 0 Å². The number of halogens is 12. The maximum absolute atomic E-state index is 13.8. The molecule has 0 radical (unpaired) electrons. The predicted molar refractivity (Wildman–Crippen MR) is 489 cm³/mol. The van der Waals surface area contributed by atoms with Crippen molar-refractivity contribution in [3.63, 3.8) is 0 Å². The van der Waals surface area contributed by atoms with Crippen molar-refractivity contribution < 1.29 is 105 Å². The minimum Gasteiger partial charge on any atom is -0.481 e. The molecule has 3 aromatic carbocycles. The van der Waals surface area contributed by atoms with E-state index in [9.17, 15) is 77.0 Å². The molecular formula is C98H99F12N19O11. The van der Waals surface area contributed by atoms with Crippen molar-refractivity contribution in [1.29, 1.82) is 0 Å². The number of ketones is 1. The van der Waals surface area contributed by atoms with Gasteiger partial charge in [-0.25, -0.2) is 72.4 Å². The quantitative estimate of drug-likeness (QED) is 0.0395. The lowest BCUT2D eigenvalue weighted by atomic mass is 9.97. The number of anilines is 3. The van der Waals surface area contributed by atoms with Crippen LogP contribution < -0.4 is 28.9 Å². The second kappa shape index (κ2) is 38.4. The number of H-pyrrole nitrogens is 2. The number of hydrogen-bond donors (Lipinski definition) is 3. The first-order valence-electron chi connectivity index (χ1n) is 44.6. The summed E-state index contributed by atoms with van der Waals surface area (Å²) in [5.74, 6) is -1.41. The number of pyridine rings is 3. The fraction of sp³-hybridized carbons (Fsp3) is 0.388. The first-order valence-corrected chi connectivity index (χ1v) is 44.6. The van der Waals surface area contributed by atoms with Crippen molar-refractivity contribution in [3.8, 4) is 84.4 Å². The second-order valence-corrected chi connectivity index (χ2v) is 36.0. The molecule has 736 valence electrons. The molecule has 18 rings (SSSR count). The van der Waals surface area contributed by atoms with Gasteiger partial charge in [-0.1, -0.05) is 34.9 Å². The SMILES string of the molecule is COc1ncc(-c2c(C)c[nH]c2C)cc1-c1cnc(N2CC(F)(F)C2)nc1CN1C(=O)O[C@H](c2cc(C)cc(C(F)(F)F)c2)[C@@H]1C.COc1ncc(-c2c(C)c[nH]c2C)cc1-c1cnc(N2CC(O)C2)nc1CN1C(=O)O[C@H](c2cc(C)cc(C(F)(F)F)c2)[C@@H]1C.COc1ncc(-c2c(C)nn(CC(C)=O)c2C)cc1-c1cnc(N2CC(F)C2)nc1CN1C(=O)O[C@H](c2cc(C)cc(C(F)(F)F)c2)[C@@H]1C. The lowest BCUT2D eigenvalue weighted by molar-refractivity contribution is -0.138. The number of ether oxygens (including phenoxy) is 6. The molecule has 12 aromatic rings. The van der Waals surface area contributed by atoms with Crippen LogP contribution in [0.25, 0.3) is 66.8 Å². The minimum absolute atomic E-state index is 0.0225. The van der Waals surface area contributed by atoms with E-state index in [1.165, 1.54) is 61.0 Å². The summed E-state index contributed by atoms with van der Waals surface area (Å²) in [5.41, 5.74) is 14.0. The Bertz CT molecular complexity index is 6750. The third-order valence-corrected chi connectivity index (χ3v) is 25.5. The van der Waals surface area contributed by atoms with Crippen molar-refractivity contribution in [2.75, 3.05) is 75.3 Å². The van der Waals surface area contributed by atoms with Crippen molar-refractivity contribution >= 4 is 41.9 Å². The molecular weight excluding hydrogens is 1850 g/mol. The van der Waals surface area contributed by atoms with Gasteiger partial charge in [0.1, 0.15) is 24.5 Å². The van der Waals surface area contributed by atoms with Gasteiger partial charge >= 0.3 is 36.8 Å². The largest absolute Gasteiger partial charge is 0.481 e. The van der Waals surface area contributed by atoms with Crippen LogP contribution in [0.2, 0.25) is 0 Å². The van der Waals surface area contributed by atoms with Crippen LogP contribution in [0, 0.1) is 62.3 Å². The minimum atomic E-state index is -4.58. The van der Waals surface area contributed by atoms with E-state index in [4.69, 9.17) is 38.4 Å². The van der Waals surface area contributed by atoms with E-state index in [0.29, 0.717) is 103 Å². The number of aliphatic hydroxyl groups is 1. The van der Waals surface area contributed by atoms with Crippen LogP contribution in [0.5, 0.6) is 17.6 Å². The van der Waals surface area contributed by atoms with Gasteiger partial charge < -0.3 is 58.2 Å². The molecule has 3 N–H and O–H groups in total. The summed E-state index contributed by atoms with van der Waals surface area (Å²) < 4.78 is 199. The Labute approximate surface area is 795 Å². The van der Waals surface area contributed by atoms with Crippen LogP contribution in [0.1, 0.15) is 147 Å². The van der Waals surface area contributed by atoms with E-state index in [1.54, 1.807) is 93.4 Å². The van der Waals surface area contributed by atoms with Gasteiger partial charge in [-0.05, 0) is 172 Å². The standard InChI is InChI=1S/C34H35F4N7O4.C32H31F5N6O3.C32H33F3N6O4/c1-17-7-22(9-24(8-17)34(36,37)38)30-21(5)44(33(47)49-30)16-28-27(12-40-32(41-28)43-14-25(35)15-43)26-10-23(11-39-31(26)48-6)29-19(3)42-45(20(29)4)13-18(2)46;1-16-6-20(8-22(7-16)32(35,36)37)27-19(4)43(30(44)46-27)13-25-24(12-40-29(41-25)42-14-31(33,34)15-42)23-9-21(11-39-28(23)45-5)26-17(2)10-38-18(26)3;1-16-6-20(8-22(7-16)32(33,34)35)28-19(4)41(31(43)45-28)15-26-25(12-38-30(39-26)40-13-23(42)14-40)24-9-21(11-37-29(24)44-5)27-17(2)10-36-18(27)3/h7-12,21,25,30H,13-16H2,1-6H3;6-12,19,27,38H,13-15H2,1-5H3;6-12,19,23,28,36,42H,13-15H2,1-5H3/t21-,30-;19-,27-;19-,28-/m000/s1. The molecule has 0 aliphatic carbocycles. The molecule has 6 aliphatic heterocycles. The van der Waals surface area contributed by atoms with Crippen LogP contribution in [0.15, 0.2) is 122 Å². The summed E-state index contributed by atoms with van der Waals surface area (Å²) in [7, 11) is 4.43. The number of aromatic amines is 2. The van der Waals surface area contributed by atoms with Gasteiger partial charge in [-0.2, -0.15) is 44.6 Å². The summed E-state index contributed by atoms with van der Waals surface area (Å²) >= 11 is 0. The zero-order valence-corrected chi connectivity index (χ0v) is 78.9. The first kappa shape index (κ1) is 98.6. The Hall–Kier alpha value is -14.5. The second-order valence-electron chi connectivity index (χ2n) is 36.0. The Balaban J connectivity index is 0.000000152. The molecule has 3 amide bonds. The summed E-state index contributed by atoms with van der Waals surface area (Å²) in [5, 5.41) is 14.4. The van der Waals surface area contributed by atoms with E-state index in [2.05, 4.69) is 50.0 Å². The number of Topliss-reactive ketones (excluding diaryl/α,β-unsaturated/α-hetero) is 1. The summed E-state index contributed by atoms with van der Waals surface area (Å²) in [4.78, 5) is 108. The zero-order valence-electron chi connectivity index (χ0n) is 78.9. The smallest absolute Gasteiger partial charge is 0.416 e. The van der Waals surface area contributed by atoms with Crippen LogP contribution in [-0.2, 0) is 63.7 Å². The number of nitrogens with zero attached hydrogens (tertiary/aromatic N) is 17. The molecule has 6 fully saturated rings. The number of carbonyl (C=O) groups is 4. The number of aromatic nitrogens is 13. The Morgan fingerprint density at radius 2 is 0.786 bits per heavy atom. The Kier molecular flexibility index (Phi) is 27.0. The number of aliphatic hydroxyl groups excluding tert-OH is 1. The number of nitrogens with one attached hydrogen (secondary N) is 2. The van der Waals surface area contributed by atoms with Crippen LogP contribution in [-0.4, -0.2) is 205 Å². The highest BCUT2D eigenvalue weighted by atomic mass is 19.4. The number of rotatable bonds is 23. The molecule has 30 nitrogen and oxygen atoms in total. The molecule has 6 aliphatic rings. The van der Waals surface area contributed by atoms with Gasteiger partial charge in [0.15, 0.2) is 5.78 Å². The molecule has 0 unspecified atom stereocenters. The fourth-order valence-electron chi connectivity index (χ4n) is 18.5. The van der Waals surface area contributed by atoms with Gasteiger partial charge in [0.2, 0.25) is 35.5 Å². The molecule has 9 aromatic heterocycles. The monoisotopic (exact) mass is 1950 g/mol. The van der Waals surface area contributed by atoms with Crippen molar-refractivity contribution in [2.45, 2.75) is 189 Å². The van der Waals surface area contributed by atoms with Crippen molar-refractivity contribution in [3.05, 3.63) is 223 Å². The number of β-amino-alcohol motifs (C(OH)–C–C–N with tert-alkyl or cyclic N) is 1. The number of methoxy groups -OCH3 is 3. The Morgan fingerprint density at radius 3 is 1.08 bits per heavy atom. The van der Waals surface area contributed by atoms with E-state index in [1.807, 2.05) is 77.0 Å². The van der Waals surface area contributed by atoms with Gasteiger partial charge in [0.25, 0.3) is 5.92 Å². The predicted octanol–water partition coefficient (Wildman–Crippen LogP) is 19.0. The lowest BCUT2D eigenvalue weighted by Gasteiger charge is -2.38. The van der Waals surface area contributed by atoms with Gasteiger partial charge in [0.05, 0.1) is 137 Å². The number of benzene rings is 3. The number of amides is 3. The lowest BCUT2D eigenvalue weighted by Crippen LogP contribution is -2.57. The van der Waals surface area contributed by atoms with E-state index in [0.717, 1.165) is 92.4 Å². The number of hydrogen-bond acceptors (Lipinski definition) is 24. The molecule has 6 atom stereocenters. The van der Waals surface area contributed by atoms with Crippen LogP contribution in [0.4, 0.5) is 84.9 Å². The topological polar surface area (TPSA) is 329 Å². The van der Waals surface area contributed by atoms with Crippen LogP contribution >= 0.6 is 0 Å². The number of aryl methyl sites for hydroxylation is 8. The normalized spacial score (nSPS) is 18.7.